The zero-order valence-electron chi connectivity index (χ0n) is 7.50. The van der Waals surface area contributed by atoms with Gasteiger partial charge in [0.25, 0.3) is 0 Å². The smallest absolute Gasteiger partial charge is 0.183 e. The molecular formula is C9H14N2S. The van der Waals surface area contributed by atoms with E-state index in [1.165, 1.54) is 12.8 Å². The van der Waals surface area contributed by atoms with Gasteiger partial charge in [-0.05, 0) is 32.6 Å². The topological polar surface area (TPSA) is 24.9 Å². The minimum atomic E-state index is 0.234. The lowest BCUT2D eigenvalue weighted by Crippen LogP contribution is -2.33. The third-order valence-corrected chi connectivity index (χ3v) is 3.15. The van der Waals surface area contributed by atoms with Crippen molar-refractivity contribution in [2.75, 3.05) is 5.32 Å². The summed E-state index contributed by atoms with van der Waals surface area (Å²) in [5.74, 6) is 0.849. The molecule has 1 heterocycles. The predicted octanol–water partition coefficient (Wildman–Crippen LogP) is 2.74. The maximum absolute atomic E-state index is 4.22. The van der Waals surface area contributed by atoms with Gasteiger partial charge in [0, 0.05) is 17.1 Å². The van der Waals surface area contributed by atoms with Crippen molar-refractivity contribution in [3.05, 3.63) is 11.6 Å². The van der Waals surface area contributed by atoms with Crippen LogP contribution < -0.4 is 5.32 Å². The summed E-state index contributed by atoms with van der Waals surface area (Å²) in [6.45, 7) is 4.51. The fraction of sp³-hybridized carbons (Fsp3) is 0.667. The molecular weight excluding hydrogens is 168 g/mol. The largest absolute Gasteiger partial charge is 0.356 e. The quantitative estimate of drug-likeness (QED) is 0.777. The van der Waals surface area contributed by atoms with Crippen molar-refractivity contribution in [3.8, 4) is 0 Å². The molecule has 1 N–H and O–H groups in total. The number of nitrogens with one attached hydrogen (secondary N) is 1. The number of anilines is 1. The van der Waals surface area contributed by atoms with Crippen LogP contribution in [0.5, 0.6) is 0 Å². The maximum atomic E-state index is 4.22. The van der Waals surface area contributed by atoms with Crippen LogP contribution in [0.15, 0.2) is 11.6 Å². The first-order valence-electron chi connectivity index (χ1n) is 4.36. The predicted molar refractivity (Wildman–Crippen MR) is 52.5 cm³/mol. The molecule has 1 saturated carbocycles. The average Bonchev–Trinajstić information content (AvgIpc) is 2.74. The minimum absolute atomic E-state index is 0.234. The molecule has 12 heavy (non-hydrogen) atoms. The third kappa shape index (κ3) is 1.61. The summed E-state index contributed by atoms with van der Waals surface area (Å²) in [5.41, 5.74) is 0.234. The van der Waals surface area contributed by atoms with Crippen LogP contribution in [0.25, 0.3) is 0 Å². The zero-order chi connectivity index (χ0) is 8.60. The molecule has 2 nitrogen and oxygen atoms in total. The zero-order valence-corrected chi connectivity index (χ0v) is 8.32. The highest BCUT2D eigenvalue weighted by Crippen LogP contribution is 2.41. The SMILES string of the molecule is CC(C)(Nc1nccs1)C1CC1. The highest BCUT2D eigenvalue weighted by Gasteiger charge is 2.37. The van der Waals surface area contributed by atoms with Crippen LogP contribution in [0.1, 0.15) is 26.7 Å². The molecule has 1 fully saturated rings. The van der Waals surface area contributed by atoms with Gasteiger partial charge in [-0.1, -0.05) is 0 Å². The lowest BCUT2D eigenvalue weighted by Gasteiger charge is -2.25. The Morgan fingerprint density at radius 1 is 1.58 bits per heavy atom. The molecule has 1 aromatic rings. The molecule has 0 atom stereocenters. The van der Waals surface area contributed by atoms with Gasteiger partial charge in [0.05, 0.1) is 0 Å². The van der Waals surface area contributed by atoms with E-state index < -0.39 is 0 Å². The van der Waals surface area contributed by atoms with Gasteiger partial charge >= 0.3 is 0 Å². The van der Waals surface area contributed by atoms with Crippen molar-refractivity contribution >= 4 is 16.5 Å². The molecule has 3 heteroatoms. The van der Waals surface area contributed by atoms with Crippen molar-refractivity contribution < 1.29 is 0 Å². The van der Waals surface area contributed by atoms with Gasteiger partial charge < -0.3 is 5.32 Å². The monoisotopic (exact) mass is 182 g/mol. The van der Waals surface area contributed by atoms with Crippen molar-refractivity contribution in [3.63, 3.8) is 0 Å². The van der Waals surface area contributed by atoms with E-state index in [-0.39, 0.29) is 5.54 Å². The van der Waals surface area contributed by atoms with E-state index in [1.807, 2.05) is 11.6 Å². The van der Waals surface area contributed by atoms with Crippen molar-refractivity contribution in [1.82, 2.24) is 4.98 Å². The fourth-order valence-corrected chi connectivity index (χ4v) is 2.16. The molecule has 1 aliphatic carbocycles. The fourth-order valence-electron chi connectivity index (χ4n) is 1.47. The minimum Gasteiger partial charge on any atom is -0.356 e. The number of aromatic nitrogens is 1. The first kappa shape index (κ1) is 8.05. The molecule has 0 bridgehead atoms. The first-order valence-corrected chi connectivity index (χ1v) is 5.24. The van der Waals surface area contributed by atoms with Gasteiger partial charge in [-0.25, -0.2) is 4.98 Å². The number of nitrogens with zero attached hydrogens (tertiary/aromatic N) is 1. The number of hydrogen-bond donors (Lipinski definition) is 1. The molecule has 0 saturated heterocycles. The molecule has 0 aliphatic heterocycles. The van der Waals surface area contributed by atoms with Crippen LogP contribution in [0.3, 0.4) is 0 Å². The van der Waals surface area contributed by atoms with Crippen LogP contribution in [-0.2, 0) is 0 Å². The Morgan fingerprint density at radius 2 is 2.33 bits per heavy atom. The molecule has 1 aliphatic rings. The van der Waals surface area contributed by atoms with Crippen LogP contribution in [-0.4, -0.2) is 10.5 Å². The van der Waals surface area contributed by atoms with Gasteiger partial charge in [-0.2, -0.15) is 0 Å². The van der Waals surface area contributed by atoms with E-state index in [0.717, 1.165) is 11.0 Å². The highest BCUT2D eigenvalue weighted by atomic mass is 32.1. The van der Waals surface area contributed by atoms with Crippen LogP contribution in [0.4, 0.5) is 5.13 Å². The summed E-state index contributed by atoms with van der Waals surface area (Å²) >= 11 is 1.67. The van der Waals surface area contributed by atoms with E-state index in [4.69, 9.17) is 0 Å². The highest BCUT2D eigenvalue weighted by molar-refractivity contribution is 7.13. The number of rotatable bonds is 3. The molecule has 2 rings (SSSR count). The second-order valence-corrected chi connectivity index (χ2v) is 4.85. The molecule has 0 amide bonds. The summed E-state index contributed by atoms with van der Waals surface area (Å²) in [6.07, 6.45) is 4.58. The van der Waals surface area contributed by atoms with E-state index in [2.05, 4.69) is 24.1 Å². The molecule has 1 aromatic heterocycles. The Hall–Kier alpha value is -0.570. The molecule has 66 valence electrons. The van der Waals surface area contributed by atoms with Gasteiger partial charge in [-0.15, -0.1) is 11.3 Å². The Morgan fingerprint density at radius 3 is 2.83 bits per heavy atom. The summed E-state index contributed by atoms with van der Waals surface area (Å²) < 4.78 is 0. The lowest BCUT2D eigenvalue weighted by molar-refractivity contribution is 0.494. The molecule has 0 unspecified atom stereocenters. The van der Waals surface area contributed by atoms with Crippen LogP contribution in [0.2, 0.25) is 0 Å². The van der Waals surface area contributed by atoms with Crippen LogP contribution in [0, 0.1) is 5.92 Å². The molecule has 0 radical (unpaired) electrons. The van der Waals surface area contributed by atoms with Crippen LogP contribution >= 0.6 is 11.3 Å². The van der Waals surface area contributed by atoms with Crippen molar-refractivity contribution in [1.29, 1.82) is 0 Å². The van der Waals surface area contributed by atoms with Gasteiger partial charge in [-0.3, -0.25) is 0 Å². The number of thiazole rings is 1. The summed E-state index contributed by atoms with van der Waals surface area (Å²) in [5, 5.41) is 6.52. The van der Waals surface area contributed by atoms with Gasteiger partial charge in [0.15, 0.2) is 5.13 Å². The maximum Gasteiger partial charge on any atom is 0.183 e. The molecule has 0 spiro atoms. The Bertz CT molecular complexity index is 250. The Labute approximate surface area is 77.0 Å². The van der Waals surface area contributed by atoms with E-state index >= 15 is 0 Å². The van der Waals surface area contributed by atoms with E-state index in [0.29, 0.717) is 0 Å². The second-order valence-electron chi connectivity index (χ2n) is 3.96. The standard InChI is InChI=1S/C9H14N2S/c1-9(2,7-3-4-7)11-8-10-5-6-12-8/h5-7H,3-4H2,1-2H3,(H,10,11). The van der Waals surface area contributed by atoms with Gasteiger partial charge in [0.2, 0.25) is 0 Å². The summed E-state index contributed by atoms with van der Waals surface area (Å²) in [4.78, 5) is 4.22. The summed E-state index contributed by atoms with van der Waals surface area (Å²) in [7, 11) is 0. The van der Waals surface area contributed by atoms with E-state index in [1.54, 1.807) is 11.3 Å². The Kier molecular flexibility index (Phi) is 1.83. The van der Waals surface area contributed by atoms with Crippen molar-refractivity contribution in [2.24, 2.45) is 5.92 Å². The Balaban J connectivity index is 2.01. The third-order valence-electron chi connectivity index (χ3n) is 2.46. The number of hydrogen-bond acceptors (Lipinski definition) is 3. The second kappa shape index (κ2) is 2.73. The molecule has 0 aromatic carbocycles. The summed E-state index contributed by atoms with van der Waals surface area (Å²) in [6, 6.07) is 0. The van der Waals surface area contributed by atoms with Crippen molar-refractivity contribution in [2.45, 2.75) is 32.2 Å². The normalized spacial score (nSPS) is 17.8. The average molecular weight is 182 g/mol. The first-order chi connectivity index (χ1) is 5.68. The van der Waals surface area contributed by atoms with E-state index in [9.17, 15) is 0 Å². The lowest BCUT2D eigenvalue weighted by atomic mass is 9.99. The van der Waals surface area contributed by atoms with Gasteiger partial charge in [0.1, 0.15) is 0 Å².